The lowest BCUT2D eigenvalue weighted by atomic mass is 10.5. The maximum atomic E-state index is 11.4. The largest absolute Gasteiger partial charge is 0.446 e. The van der Waals surface area contributed by atoms with Crippen molar-refractivity contribution in [3.05, 3.63) is 17.9 Å². The molecule has 0 saturated carbocycles. The third-order valence-electron chi connectivity index (χ3n) is 1.36. The fraction of sp³-hybridized carbons (Fsp3) is 0.429. The molecule has 1 aromatic heterocycles. The first kappa shape index (κ1) is 11.2. The molecule has 0 spiro atoms. The number of aliphatic hydroxyl groups is 1. The van der Waals surface area contributed by atoms with Crippen molar-refractivity contribution in [2.24, 2.45) is 0 Å². The Bertz CT molecular complexity index is 396. The maximum Gasteiger partial charge on any atom is 0.286 e. The van der Waals surface area contributed by atoms with Gasteiger partial charge in [0, 0.05) is 14.1 Å². The average Bonchev–Trinajstić information content (AvgIpc) is 2.49. The van der Waals surface area contributed by atoms with Gasteiger partial charge >= 0.3 is 0 Å². The van der Waals surface area contributed by atoms with Crippen molar-refractivity contribution >= 4 is 10.0 Å². The number of nitrogens with one attached hydrogen (secondary N) is 1. The van der Waals surface area contributed by atoms with E-state index >= 15 is 0 Å². The molecule has 1 aromatic rings. The number of aliphatic hydroxyl groups excluding tert-OH is 1. The zero-order valence-corrected chi connectivity index (χ0v) is 8.71. The quantitative estimate of drug-likeness (QED) is 0.670. The Hall–Kier alpha value is -0.890. The molecule has 0 amide bonds. The number of hydrogen-bond acceptors (Lipinski definition) is 5. The molecular weight excluding hydrogens is 208 g/mol. The Balaban J connectivity index is 2.93. The lowest BCUT2D eigenvalue weighted by Gasteiger charge is -2.10. The summed E-state index contributed by atoms with van der Waals surface area (Å²) in [7, 11) is -0.553. The minimum atomic E-state index is -3.65. The summed E-state index contributed by atoms with van der Waals surface area (Å²) in [6.45, 7) is -0.322. The van der Waals surface area contributed by atoms with E-state index in [2.05, 4.69) is 4.83 Å². The van der Waals surface area contributed by atoms with Crippen molar-refractivity contribution in [3.8, 4) is 0 Å². The van der Waals surface area contributed by atoms with Crippen LogP contribution < -0.4 is 4.83 Å². The van der Waals surface area contributed by atoms with E-state index < -0.39 is 10.0 Å². The number of sulfonamides is 1. The van der Waals surface area contributed by atoms with E-state index in [0.717, 1.165) is 0 Å². The predicted molar refractivity (Wildman–Crippen MR) is 48.6 cm³/mol. The normalized spacial score (nSPS) is 12.3. The van der Waals surface area contributed by atoms with E-state index in [0.29, 0.717) is 0 Å². The van der Waals surface area contributed by atoms with Gasteiger partial charge in [-0.25, -0.2) is 13.4 Å². The van der Waals surface area contributed by atoms with Crippen LogP contribution in [0.25, 0.3) is 0 Å². The summed E-state index contributed by atoms with van der Waals surface area (Å²) in [6.07, 6.45) is 0. The summed E-state index contributed by atoms with van der Waals surface area (Å²) in [5, 5.41) is 9.75. The van der Waals surface area contributed by atoms with E-state index in [1.807, 2.05) is 0 Å². The molecule has 80 valence electrons. The van der Waals surface area contributed by atoms with Gasteiger partial charge in [0.1, 0.15) is 12.4 Å². The van der Waals surface area contributed by atoms with Crippen LogP contribution in [0.5, 0.6) is 0 Å². The van der Waals surface area contributed by atoms with Crippen LogP contribution in [0.3, 0.4) is 0 Å². The number of furan rings is 1. The van der Waals surface area contributed by atoms with E-state index in [1.54, 1.807) is 14.1 Å². The third kappa shape index (κ3) is 2.55. The lowest BCUT2D eigenvalue weighted by molar-refractivity contribution is 0.235. The van der Waals surface area contributed by atoms with Gasteiger partial charge in [-0.2, -0.15) is 0 Å². The highest BCUT2D eigenvalue weighted by atomic mass is 32.2. The molecule has 1 rings (SSSR count). The number of hydrogen-bond donors (Lipinski definition) is 2. The minimum Gasteiger partial charge on any atom is -0.446 e. The van der Waals surface area contributed by atoms with E-state index in [9.17, 15) is 8.42 Å². The topological polar surface area (TPSA) is 82.8 Å². The Kier molecular flexibility index (Phi) is 3.27. The predicted octanol–water partition coefficient (Wildman–Crippen LogP) is -0.473. The summed E-state index contributed by atoms with van der Waals surface area (Å²) in [5.74, 6) is 0.212. The molecule has 14 heavy (non-hydrogen) atoms. The lowest BCUT2D eigenvalue weighted by Crippen LogP contribution is -2.35. The van der Waals surface area contributed by atoms with Gasteiger partial charge in [-0.05, 0) is 12.1 Å². The molecule has 2 N–H and O–H groups in total. The summed E-state index contributed by atoms with van der Waals surface area (Å²) in [6, 6.07) is 2.70. The first-order chi connectivity index (χ1) is 6.45. The molecule has 0 fully saturated rings. The van der Waals surface area contributed by atoms with Gasteiger partial charge < -0.3 is 9.52 Å². The molecule has 0 saturated heterocycles. The molecular formula is C7H12N2O4S. The fourth-order valence-corrected chi connectivity index (χ4v) is 1.91. The highest BCUT2D eigenvalue weighted by Gasteiger charge is 2.18. The average molecular weight is 220 g/mol. The van der Waals surface area contributed by atoms with E-state index in [4.69, 9.17) is 9.52 Å². The van der Waals surface area contributed by atoms with Gasteiger partial charge in [0.2, 0.25) is 5.09 Å². The monoisotopic (exact) mass is 220 g/mol. The molecule has 0 unspecified atom stereocenters. The van der Waals surface area contributed by atoms with Crippen LogP contribution in [0.15, 0.2) is 21.6 Å². The van der Waals surface area contributed by atoms with Crippen molar-refractivity contribution in [1.82, 2.24) is 9.84 Å². The van der Waals surface area contributed by atoms with Crippen LogP contribution in [-0.2, 0) is 16.6 Å². The van der Waals surface area contributed by atoms with Crippen molar-refractivity contribution < 1.29 is 17.9 Å². The molecule has 0 atom stereocenters. The molecule has 0 bridgehead atoms. The van der Waals surface area contributed by atoms with Gasteiger partial charge in [-0.15, -0.1) is 4.83 Å². The first-order valence-corrected chi connectivity index (χ1v) is 5.33. The highest BCUT2D eigenvalue weighted by molar-refractivity contribution is 7.89. The van der Waals surface area contributed by atoms with Crippen LogP contribution in [0, 0.1) is 0 Å². The first-order valence-electron chi connectivity index (χ1n) is 3.85. The zero-order valence-electron chi connectivity index (χ0n) is 7.89. The van der Waals surface area contributed by atoms with Crippen molar-refractivity contribution in [3.63, 3.8) is 0 Å². The van der Waals surface area contributed by atoms with E-state index in [-0.39, 0.29) is 17.5 Å². The van der Waals surface area contributed by atoms with Crippen molar-refractivity contribution in [2.45, 2.75) is 11.7 Å². The zero-order chi connectivity index (χ0) is 10.8. The summed E-state index contributed by atoms with van der Waals surface area (Å²) < 4.78 is 27.8. The highest BCUT2D eigenvalue weighted by Crippen LogP contribution is 2.13. The Morgan fingerprint density at radius 1 is 1.50 bits per heavy atom. The maximum absolute atomic E-state index is 11.4. The van der Waals surface area contributed by atoms with Crippen LogP contribution in [-0.4, -0.2) is 32.6 Å². The second-order valence-corrected chi connectivity index (χ2v) is 4.46. The minimum absolute atomic E-state index is 0.212. The summed E-state index contributed by atoms with van der Waals surface area (Å²) in [5.41, 5.74) is 0. The number of hydrazine groups is 1. The second-order valence-electron chi connectivity index (χ2n) is 2.87. The molecule has 7 heteroatoms. The SMILES string of the molecule is CN(C)NS(=O)(=O)c1ccc(CO)o1. The summed E-state index contributed by atoms with van der Waals surface area (Å²) in [4.78, 5) is 2.20. The second kappa shape index (κ2) is 4.09. The molecule has 1 heterocycles. The van der Waals surface area contributed by atoms with Crippen molar-refractivity contribution in [2.75, 3.05) is 14.1 Å². The Morgan fingerprint density at radius 2 is 2.14 bits per heavy atom. The van der Waals surface area contributed by atoms with Gasteiger partial charge in [0.25, 0.3) is 10.0 Å². The Labute approximate surface area is 82.2 Å². The van der Waals surface area contributed by atoms with Crippen LogP contribution in [0.2, 0.25) is 0 Å². The molecule has 0 radical (unpaired) electrons. The van der Waals surface area contributed by atoms with Crippen LogP contribution in [0.4, 0.5) is 0 Å². The third-order valence-corrected chi connectivity index (χ3v) is 2.72. The molecule has 0 aromatic carbocycles. The molecule has 0 aliphatic carbocycles. The number of rotatable bonds is 4. The van der Waals surface area contributed by atoms with Crippen LogP contribution >= 0.6 is 0 Å². The van der Waals surface area contributed by atoms with Gasteiger partial charge in [-0.3, -0.25) is 0 Å². The Morgan fingerprint density at radius 3 is 2.57 bits per heavy atom. The molecule has 0 aliphatic heterocycles. The van der Waals surface area contributed by atoms with Crippen LogP contribution in [0.1, 0.15) is 5.76 Å². The number of nitrogens with zero attached hydrogens (tertiary/aromatic N) is 1. The molecule has 6 nitrogen and oxygen atoms in total. The standard InChI is InChI=1S/C7H12N2O4S/c1-9(2)8-14(11,12)7-4-3-6(5-10)13-7/h3-4,8,10H,5H2,1-2H3. The van der Waals surface area contributed by atoms with Gasteiger partial charge in [0.15, 0.2) is 0 Å². The fourth-order valence-electron chi connectivity index (χ4n) is 0.873. The smallest absolute Gasteiger partial charge is 0.286 e. The molecule has 0 aliphatic rings. The van der Waals surface area contributed by atoms with Gasteiger partial charge in [0.05, 0.1) is 0 Å². The van der Waals surface area contributed by atoms with E-state index in [1.165, 1.54) is 17.1 Å². The summed E-state index contributed by atoms with van der Waals surface area (Å²) >= 11 is 0. The van der Waals surface area contributed by atoms with Gasteiger partial charge in [-0.1, -0.05) is 0 Å². The van der Waals surface area contributed by atoms with Crippen molar-refractivity contribution in [1.29, 1.82) is 0 Å².